The quantitative estimate of drug-likeness (QED) is 0.768. The van der Waals surface area contributed by atoms with Gasteiger partial charge in [0.05, 0.1) is 23.3 Å². The topological polar surface area (TPSA) is 67.4 Å². The first-order chi connectivity index (χ1) is 12.1. The van der Waals surface area contributed by atoms with E-state index in [1.807, 2.05) is 6.92 Å². The van der Waals surface area contributed by atoms with Crippen LogP contribution in [0.15, 0.2) is 35.5 Å². The molecule has 0 saturated heterocycles. The molecule has 0 radical (unpaired) electrons. The summed E-state index contributed by atoms with van der Waals surface area (Å²) in [5.74, 6) is -0.610. The molecular formula is C18H21F3N2O3. The molecule has 26 heavy (non-hydrogen) atoms. The van der Waals surface area contributed by atoms with Crippen LogP contribution in [0.3, 0.4) is 0 Å². The Kier molecular flexibility index (Phi) is 5.94. The summed E-state index contributed by atoms with van der Waals surface area (Å²) in [6, 6.07) is 2.97. The fourth-order valence-corrected chi connectivity index (χ4v) is 2.70. The van der Waals surface area contributed by atoms with E-state index >= 15 is 0 Å². The lowest BCUT2D eigenvalue weighted by Gasteiger charge is -2.30. The number of nitrogens with one attached hydrogen (secondary N) is 2. The van der Waals surface area contributed by atoms with Crippen LogP contribution in [0.25, 0.3) is 0 Å². The van der Waals surface area contributed by atoms with E-state index in [-0.39, 0.29) is 11.7 Å². The van der Waals surface area contributed by atoms with Crippen molar-refractivity contribution in [2.45, 2.75) is 51.9 Å². The van der Waals surface area contributed by atoms with Gasteiger partial charge in [-0.1, -0.05) is 25.5 Å². The van der Waals surface area contributed by atoms with E-state index in [9.17, 15) is 22.8 Å². The first kappa shape index (κ1) is 19.8. The summed E-state index contributed by atoms with van der Waals surface area (Å²) >= 11 is 0. The van der Waals surface area contributed by atoms with Gasteiger partial charge in [-0.25, -0.2) is 9.59 Å². The summed E-state index contributed by atoms with van der Waals surface area (Å²) in [5, 5.41) is 5.20. The molecule has 0 fully saturated rings. The number of halogens is 3. The second kappa shape index (κ2) is 7.80. The zero-order valence-electron chi connectivity index (χ0n) is 14.7. The Morgan fingerprint density at radius 2 is 1.85 bits per heavy atom. The van der Waals surface area contributed by atoms with Gasteiger partial charge in [-0.3, -0.25) is 0 Å². The smallest absolute Gasteiger partial charge is 0.416 e. The molecule has 1 aliphatic heterocycles. The number of ether oxygens (including phenoxy) is 1. The van der Waals surface area contributed by atoms with Gasteiger partial charge < -0.3 is 15.4 Å². The van der Waals surface area contributed by atoms with Crippen LogP contribution in [0.1, 0.15) is 50.8 Å². The van der Waals surface area contributed by atoms with E-state index in [2.05, 4.69) is 10.6 Å². The van der Waals surface area contributed by atoms with Crippen molar-refractivity contribution >= 4 is 12.0 Å². The molecule has 0 saturated carbocycles. The zero-order valence-corrected chi connectivity index (χ0v) is 14.7. The van der Waals surface area contributed by atoms with Gasteiger partial charge in [-0.2, -0.15) is 13.2 Å². The van der Waals surface area contributed by atoms with Gasteiger partial charge in [0, 0.05) is 5.70 Å². The molecule has 2 amide bonds. The van der Waals surface area contributed by atoms with Gasteiger partial charge in [0.2, 0.25) is 0 Å². The molecule has 2 rings (SSSR count). The molecule has 1 aliphatic rings. The molecule has 5 nitrogen and oxygen atoms in total. The Labute approximate surface area is 149 Å². The molecule has 0 bridgehead atoms. The molecule has 1 aromatic rings. The van der Waals surface area contributed by atoms with Gasteiger partial charge in [0.25, 0.3) is 0 Å². The van der Waals surface area contributed by atoms with E-state index in [0.717, 1.165) is 12.1 Å². The van der Waals surface area contributed by atoms with Crippen molar-refractivity contribution in [3.63, 3.8) is 0 Å². The summed E-state index contributed by atoms with van der Waals surface area (Å²) in [6.45, 7) is 5.28. The van der Waals surface area contributed by atoms with Gasteiger partial charge >= 0.3 is 18.2 Å². The minimum Gasteiger partial charge on any atom is -0.459 e. The first-order valence-corrected chi connectivity index (χ1v) is 8.32. The van der Waals surface area contributed by atoms with Gasteiger partial charge in [0.1, 0.15) is 0 Å². The maximum Gasteiger partial charge on any atom is 0.416 e. The van der Waals surface area contributed by atoms with Crippen molar-refractivity contribution in [2.75, 3.05) is 0 Å². The van der Waals surface area contributed by atoms with E-state index in [1.165, 1.54) is 12.1 Å². The Morgan fingerprint density at radius 3 is 2.35 bits per heavy atom. The summed E-state index contributed by atoms with van der Waals surface area (Å²) < 4.78 is 43.6. The van der Waals surface area contributed by atoms with Crippen LogP contribution in [-0.2, 0) is 15.7 Å². The minimum atomic E-state index is -4.46. The van der Waals surface area contributed by atoms with Crippen molar-refractivity contribution < 1.29 is 27.5 Å². The number of rotatable bonds is 5. The molecule has 142 valence electrons. The zero-order chi connectivity index (χ0) is 19.5. The van der Waals surface area contributed by atoms with Crippen molar-refractivity contribution in [1.29, 1.82) is 0 Å². The maximum atomic E-state index is 12.8. The monoisotopic (exact) mass is 370 g/mol. The van der Waals surface area contributed by atoms with E-state index < -0.39 is 29.8 Å². The third kappa shape index (κ3) is 4.56. The van der Waals surface area contributed by atoms with Crippen molar-refractivity contribution in [3.05, 3.63) is 46.7 Å². The Hall–Kier alpha value is -2.51. The average molecular weight is 370 g/mol. The maximum absolute atomic E-state index is 12.8. The molecule has 1 heterocycles. The van der Waals surface area contributed by atoms with Crippen molar-refractivity contribution in [3.8, 4) is 0 Å². The second-order valence-corrected chi connectivity index (χ2v) is 6.25. The Balaban J connectivity index is 2.46. The summed E-state index contributed by atoms with van der Waals surface area (Å²) in [5.41, 5.74) is 0.203. The van der Waals surface area contributed by atoms with E-state index in [0.29, 0.717) is 24.1 Å². The SMILES string of the molecule is CCCC1=C(C(=O)OC(C)C)C(c2ccc(C(F)(F)F)cc2)NC(=O)N1. The number of hydrogen-bond acceptors (Lipinski definition) is 3. The number of amides is 2. The molecule has 0 aliphatic carbocycles. The number of allylic oxidation sites excluding steroid dienone is 1. The fraction of sp³-hybridized carbons (Fsp3) is 0.444. The molecule has 1 unspecified atom stereocenters. The molecule has 0 aromatic heterocycles. The highest BCUT2D eigenvalue weighted by Crippen LogP contribution is 2.33. The molecule has 8 heteroatoms. The van der Waals surface area contributed by atoms with Crippen LogP contribution in [0, 0.1) is 0 Å². The highest BCUT2D eigenvalue weighted by molar-refractivity contribution is 5.95. The predicted molar refractivity (Wildman–Crippen MR) is 89.0 cm³/mol. The third-order valence-electron chi connectivity index (χ3n) is 3.79. The van der Waals surface area contributed by atoms with Crippen LogP contribution in [0.4, 0.5) is 18.0 Å². The van der Waals surface area contributed by atoms with Crippen LogP contribution >= 0.6 is 0 Å². The number of alkyl halides is 3. The number of carbonyl (C=O) groups is 2. The lowest BCUT2D eigenvalue weighted by molar-refractivity contribution is -0.143. The fourth-order valence-electron chi connectivity index (χ4n) is 2.70. The van der Waals surface area contributed by atoms with Crippen LogP contribution < -0.4 is 10.6 Å². The highest BCUT2D eigenvalue weighted by atomic mass is 19.4. The molecule has 2 N–H and O–H groups in total. The predicted octanol–water partition coefficient (Wildman–Crippen LogP) is 4.07. The Morgan fingerprint density at radius 1 is 1.23 bits per heavy atom. The third-order valence-corrected chi connectivity index (χ3v) is 3.79. The van der Waals surface area contributed by atoms with Gasteiger partial charge in [0.15, 0.2) is 0 Å². The van der Waals surface area contributed by atoms with Crippen molar-refractivity contribution in [1.82, 2.24) is 10.6 Å². The largest absolute Gasteiger partial charge is 0.459 e. The number of benzene rings is 1. The summed E-state index contributed by atoms with van der Waals surface area (Å²) in [7, 11) is 0. The molecule has 0 spiro atoms. The highest BCUT2D eigenvalue weighted by Gasteiger charge is 2.35. The minimum absolute atomic E-state index is 0.208. The number of esters is 1. The lowest BCUT2D eigenvalue weighted by atomic mass is 9.93. The summed E-state index contributed by atoms with van der Waals surface area (Å²) in [4.78, 5) is 24.5. The van der Waals surface area contributed by atoms with Crippen LogP contribution in [-0.4, -0.2) is 18.1 Å². The first-order valence-electron chi connectivity index (χ1n) is 8.32. The molecular weight excluding hydrogens is 349 g/mol. The van der Waals surface area contributed by atoms with E-state index in [1.54, 1.807) is 13.8 Å². The standard InChI is InChI=1S/C18H21F3N2O3/c1-4-5-13-14(16(24)26-10(2)3)15(23-17(25)22-13)11-6-8-12(9-7-11)18(19,20)21/h6-10,15H,4-5H2,1-3H3,(H2,22,23,25). The summed E-state index contributed by atoms with van der Waals surface area (Å²) in [6.07, 6.45) is -3.72. The molecule has 1 aromatic carbocycles. The number of hydrogen-bond donors (Lipinski definition) is 2. The normalized spacial score (nSPS) is 17.8. The second-order valence-electron chi connectivity index (χ2n) is 6.25. The van der Waals surface area contributed by atoms with E-state index in [4.69, 9.17) is 4.74 Å². The average Bonchev–Trinajstić information content (AvgIpc) is 2.53. The number of urea groups is 1. The molecule has 1 atom stereocenters. The van der Waals surface area contributed by atoms with Crippen molar-refractivity contribution in [2.24, 2.45) is 0 Å². The lowest BCUT2D eigenvalue weighted by Crippen LogP contribution is -2.46. The van der Waals surface area contributed by atoms with Gasteiger partial charge in [-0.15, -0.1) is 0 Å². The van der Waals surface area contributed by atoms with Crippen LogP contribution in [0.5, 0.6) is 0 Å². The number of carbonyl (C=O) groups excluding carboxylic acids is 2. The van der Waals surface area contributed by atoms with Gasteiger partial charge in [-0.05, 0) is 38.0 Å². The Bertz CT molecular complexity index is 709. The van der Waals surface area contributed by atoms with Crippen LogP contribution in [0.2, 0.25) is 0 Å².